The minimum absolute atomic E-state index is 0.0480. The first-order valence-corrected chi connectivity index (χ1v) is 12.7. The molecule has 4 nitrogen and oxygen atoms in total. The van der Waals surface area contributed by atoms with Crippen molar-refractivity contribution in [2.24, 2.45) is 5.92 Å². The largest absolute Gasteiger partial charge is 0.354 e. The van der Waals surface area contributed by atoms with Gasteiger partial charge in [0.25, 0.3) is 0 Å². The number of rotatable bonds is 10. The van der Waals surface area contributed by atoms with Crippen LogP contribution in [0.5, 0.6) is 0 Å². The average Bonchev–Trinajstić information content (AvgIpc) is 2.83. The fourth-order valence-electron chi connectivity index (χ4n) is 3.69. The van der Waals surface area contributed by atoms with E-state index in [1.807, 2.05) is 56.3 Å². The highest BCUT2D eigenvalue weighted by molar-refractivity contribution is 6.35. The number of benzene rings is 3. The summed E-state index contributed by atoms with van der Waals surface area (Å²) in [4.78, 5) is 28.8. The molecule has 0 aliphatic carbocycles. The first-order chi connectivity index (χ1) is 16.7. The topological polar surface area (TPSA) is 49.4 Å². The van der Waals surface area contributed by atoms with Gasteiger partial charge in [-0.15, -0.1) is 0 Å². The molecule has 3 aromatic rings. The molecule has 0 heterocycles. The zero-order valence-corrected chi connectivity index (χ0v) is 22.1. The van der Waals surface area contributed by atoms with Crippen molar-refractivity contribution in [1.82, 2.24) is 10.2 Å². The van der Waals surface area contributed by atoms with Gasteiger partial charge in [-0.05, 0) is 46.9 Å². The average molecular weight is 532 g/mol. The number of amides is 2. The zero-order chi connectivity index (χ0) is 25.4. The fourth-order valence-corrected chi connectivity index (χ4v) is 4.29. The molecule has 1 N–H and O–H groups in total. The van der Waals surface area contributed by atoms with Crippen molar-refractivity contribution in [2.75, 3.05) is 6.54 Å². The second-order valence-electron chi connectivity index (χ2n) is 8.91. The molecule has 0 bridgehead atoms. The molecule has 0 aliphatic heterocycles. The Bertz CT molecular complexity index is 1130. The third-order valence-corrected chi connectivity index (χ3v) is 6.42. The molecule has 7 heteroatoms. The van der Waals surface area contributed by atoms with Crippen molar-refractivity contribution in [3.05, 3.63) is 105 Å². The second kappa shape index (κ2) is 13.0. The summed E-state index contributed by atoms with van der Waals surface area (Å²) in [6, 6.07) is 21.4. The normalized spacial score (nSPS) is 11.8. The predicted octanol–water partition coefficient (Wildman–Crippen LogP) is 6.60. The number of carbonyl (C=O) groups excluding carboxylic acids is 2. The van der Waals surface area contributed by atoms with Crippen LogP contribution in [0.4, 0.5) is 0 Å². The maximum Gasteiger partial charge on any atom is 0.243 e. The zero-order valence-electron chi connectivity index (χ0n) is 19.8. The molecule has 0 unspecified atom stereocenters. The van der Waals surface area contributed by atoms with Gasteiger partial charge in [0.05, 0.1) is 6.42 Å². The van der Waals surface area contributed by atoms with Gasteiger partial charge in [0, 0.05) is 34.6 Å². The molecule has 35 heavy (non-hydrogen) atoms. The van der Waals surface area contributed by atoms with E-state index in [1.54, 1.807) is 35.2 Å². The lowest BCUT2D eigenvalue weighted by molar-refractivity contribution is -0.140. The smallest absolute Gasteiger partial charge is 0.243 e. The minimum atomic E-state index is -0.703. The summed E-state index contributed by atoms with van der Waals surface area (Å²) >= 11 is 18.5. The summed E-state index contributed by atoms with van der Waals surface area (Å²) < 4.78 is 0. The van der Waals surface area contributed by atoms with Crippen LogP contribution in [0, 0.1) is 5.92 Å². The van der Waals surface area contributed by atoms with Crippen molar-refractivity contribution >= 4 is 46.6 Å². The van der Waals surface area contributed by atoms with Gasteiger partial charge in [-0.1, -0.05) is 97.2 Å². The highest BCUT2D eigenvalue weighted by atomic mass is 35.5. The first-order valence-electron chi connectivity index (χ1n) is 11.5. The van der Waals surface area contributed by atoms with Crippen LogP contribution in [0.1, 0.15) is 30.5 Å². The Kier molecular flexibility index (Phi) is 10.0. The highest BCUT2D eigenvalue weighted by Gasteiger charge is 2.30. The second-order valence-corrected chi connectivity index (χ2v) is 10.2. The maximum absolute atomic E-state index is 13.7. The molecule has 2 amide bonds. The van der Waals surface area contributed by atoms with Gasteiger partial charge in [0.1, 0.15) is 6.04 Å². The Morgan fingerprint density at radius 2 is 1.51 bits per heavy atom. The Morgan fingerprint density at radius 3 is 2.14 bits per heavy atom. The predicted molar refractivity (Wildman–Crippen MR) is 144 cm³/mol. The molecule has 0 fully saturated rings. The van der Waals surface area contributed by atoms with Crippen LogP contribution >= 0.6 is 34.8 Å². The molecule has 3 aromatic carbocycles. The molecule has 0 radical (unpaired) electrons. The van der Waals surface area contributed by atoms with Crippen molar-refractivity contribution < 1.29 is 9.59 Å². The van der Waals surface area contributed by atoms with Crippen molar-refractivity contribution in [3.8, 4) is 0 Å². The number of nitrogens with zero attached hydrogens (tertiary/aromatic N) is 1. The standard InChI is InChI=1S/C28H29Cl3N2O2/c1-19(2)17-32-28(35)26(14-20-6-4-3-5-7-20)33(18-21-8-11-23(29)12-9-21)27(34)15-22-10-13-24(30)16-25(22)31/h3-13,16,19,26H,14-15,17-18H2,1-2H3,(H,32,35)/t26-/m0/s1. The van der Waals surface area contributed by atoms with Gasteiger partial charge in [0.15, 0.2) is 0 Å². The van der Waals surface area contributed by atoms with Crippen LogP contribution < -0.4 is 5.32 Å². The Morgan fingerprint density at radius 1 is 0.857 bits per heavy atom. The van der Waals surface area contributed by atoms with E-state index in [1.165, 1.54) is 0 Å². The molecular formula is C28H29Cl3N2O2. The van der Waals surface area contributed by atoms with E-state index >= 15 is 0 Å². The van der Waals surface area contributed by atoms with Gasteiger partial charge < -0.3 is 10.2 Å². The van der Waals surface area contributed by atoms with Crippen LogP contribution in [0.3, 0.4) is 0 Å². The highest BCUT2D eigenvalue weighted by Crippen LogP contribution is 2.24. The summed E-state index contributed by atoms with van der Waals surface area (Å²) in [7, 11) is 0. The number of hydrogen-bond acceptors (Lipinski definition) is 2. The summed E-state index contributed by atoms with van der Waals surface area (Å²) in [5.41, 5.74) is 2.50. The number of halogens is 3. The lowest BCUT2D eigenvalue weighted by atomic mass is 10.0. The molecule has 0 spiro atoms. The Labute approximate surface area is 222 Å². The molecule has 0 saturated heterocycles. The first kappa shape index (κ1) is 27.1. The fraction of sp³-hybridized carbons (Fsp3) is 0.286. The van der Waals surface area contributed by atoms with E-state index in [-0.39, 0.29) is 30.7 Å². The van der Waals surface area contributed by atoms with Crippen molar-refractivity contribution in [3.63, 3.8) is 0 Å². The number of hydrogen-bond donors (Lipinski definition) is 1. The van der Waals surface area contributed by atoms with Crippen LogP contribution in [0.15, 0.2) is 72.8 Å². The van der Waals surface area contributed by atoms with Crippen LogP contribution in [0.25, 0.3) is 0 Å². The van der Waals surface area contributed by atoms with Gasteiger partial charge in [-0.2, -0.15) is 0 Å². The van der Waals surface area contributed by atoms with E-state index in [9.17, 15) is 9.59 Å². The monoisotopic (exact) mass is 530 g/mol. The Hall–Kier alpha value is -2.53. The molecule has 1 atom stereocenters. The van der Waals surface area contributed by atoms with E-state index in [2.05, 4.69) is 5.32 Å². The van der Waals surface area contributed by atoms with Crippen LogP contribution in [-0.4, -0.2) is 29.3 Å². The summed E-state index contributed by atoms with van der Waals surface area (Å²) in [6.45, 7) is 4.85. The van der Waals surface area contributed by atoms with Gasteiger partial charge in [0.2, 0.25) is 11.8 Å². The van der Waals surface area contributed by atoms with E-state index in [0.29, 0.717) is 33.6 Å². The Balaban J connectivity index is 1.96. The molecule has 0 saturated carbocycles. The van der Waals surface area contributed by atoms with Crippen molar-refractivity contribution in [2.45, 2.75) is 39.3 Å². The molecule has 0 aromatic heterocycles. The molecule has 3 rings (SSSR count). The van der Waals surface area contributed by atoms with E-state index in [4.69, 9.17) is 34.8 Å². The van der Waals surface area contributed by atoms with Gasteiger partial charge in [-0.25, -0.2) is 0 Å². The lowest BCUT2D eigenvalue weighted by Crippen LogP contribution is -2.51. The number of carbonyl (C=O) groups is 2. The summed E-state index contributed by atoms with van der Waals surface area (Å²) in [5, 5.41) is 4.54. The maximum atomic E-state index is 13.7. The van der Waals surface area contributed by atoms with Crippen molar-refractivity contribution in [1.29, 1.82) is 0 Å². The molecule has 184 valence electrons. The lowest BCUT2D eigenvalue weighted by Gasteiger charge is -2.32. The quantitative estimate of drug-likeness (QED) is 0.320. The van der Waals surface area contributed by atoms with Gasteiger partial charge in [-0.3, -0.25) is 9.59 Å². The van der Waals surface area contributed by atoms with Crippen LogP contribution in [0.2, 0.25) is 15.1 Å². The van der Waals surface area contributed by atoms with Gasteiger partial charge >= 0.3 is 0 Å². The van der Waals surface area contributed by atoms with Crippen LogP contribution in [-0.2, 0) is 29.0 Å². The molecule has 0 aliphatic rings. The third kappa shape index (κ3) is 8.28. The van der Waals surface area contributed by atoms with E-state index in [0.717, 1.165) is 11.1 Å². The third-order valence-electron chi connectivity index (χ3n) is 5.58. The minimum Gasteiger partial charge on any atom is -0.354 e. The summed E-state index contributed by atoms with van der Waals surface area (Å²) in [6.07, 6.45) is 0.435. The summed E-state index contributed by atoms with van der Waals surface area (Å²) in [5.74, 6) is -0.110. The van der Waals surface area contributed by atoms with E-state index < -0.39 is 6.04 Å². The number of nitrogens with one attached hydrogen (secondary N) is 1. The molecular weight excluding hydrogens is 503 g/mol. The SMILES string of the molecule is CC(C)CNC(=O)[C@H](Cc1ccccc1)N(Cc1ccc(Cl)cc1)C(=O)Cc1ccc(Cl)cc1Cl.